The smallest absolute Gasteiger partial charge is 0.268 e. The number of rotatable bonds is 2. The maximum Gasteiger partial charge on any atom is 0.298 e. The minimum atomic E-state index is -0.255. The summed E-state index contributed by atoms with van der Waals surface area (Å²) < 4.78 is 0. The molecule has 1 aliphatic rings. The number of thioether (sulfide) groups is 1. The van der Waals surface area contributed by atoms with Crippen LogP contribution in [-0.4, -0.2) is 11.1 Å². The molecule has 1 aromatic carbocycles. The van der Waals surface area contributed by atoms with Crippen LogP contribution in [0, 0.1) is 0 Å². The van der Waals surface area contributed by atoms with Gasteiger partial charge in [0.25, 0.3) is 11.1 Å². The summed E-state index contributed by atoms with van der Waals surface area (Å²) in [5, 5.41) is 1.69. The molecule has 0 N–H and O–H groups in total. The van der Waals surface area contributed by atoms with Crippen molar-refractivity contribution in [2.24, 2.45) is 0 Å². The molecule has 1 aliphatic heterocycles. The van der Waals surface area contributed by atoms with E-state index in [0.717, 1.165) is 16.6 Å². The van der Waals surface area contributed by atoms with Crippen LogP contribution < -0.4 is 4.90 Å². The quantitative estimate of drug-likeness (QED) is 0.784. The molecule has 3 nitrogen and oxygen atoms in total. The molecule has 94 valence electrons. The van der Waals surface area contributed by atoms with Gasteiger partial charge in [-0.25, -0.2) is 4.90 Å². The molecule has 0 aliphatic carbocycles. The molecule has 0 atom stereocenters. The number of imide groups is 1. The Bertz CT molecular complexity index is 647. The summed E-state index contributed by atoms with van der Waals surface area (Å²) in [5.41, 5.74) is 0.611. The zero-order valence-electron chi connectivity index (χ0n) is 9.78. The van der Waals surface area contributed by atoms with Crippen molar-refractivity contribution in [1.82, 2.24) is 0 Å². The Balaban J connectivity index is 1.94. The van der Waals surface area contributed by atoms with E-state index < -0.39 is 0 Å². The van der Waals surface area contributed by atoms with E-state index in [0.29, 0.717) is 10.6 Å². The van der Waals surface area contributed by atoms with E-state index >= 15 is 0 Å². The molecule has 0 saturated carbocycles. The average Bonchev–Trinajstić information content (AvgIpc) is 3.01. The topological polar surface area (TPSA) is 37.4 Å². The van der Waals surface area contributed by atoms with Crippen molar-refractivity contribution < 1.29 is 9.59 Å². The maximum absolute atomic E-state index is 12.3. The minimum absolute atomic E-state index is 0.251. The van der Waals surface area contributed by atoms with Crippen molar-refractivity contribution in [1.29, 1.82) is 0 Å². The van der Waals surface area contributed by atoms with Gasteiger partial charge in [0.15, 0.2) is 0 Å². The molecule has 1 saturated heterocycles. The van der Waals surface area contributed by atoms with Gasteiger partial charge in [-0.1, -0.05) is 24.3 Å². The van der Waals surface area contributed by atoms with Gasteiger partial charge in [0.2, 0.25) is 0 Å². The monoisotopic (exact) mass is 287 g/mol. The molecule has 2 amide bonds. The number of carbonyl (C=O) groups excluding carboxylic acids is 2. The number of para-hydroxylation sites is 1. The van der Waals surface area contributed by atoms with Crippen LogP contribution in [0.3, 0.4) is 0 Å². The summed E-state index contributed by atoms with van der Waals surface area (Å²) in [5.74, 6) is -0.255. The number of carbonyl (C=O) groups is 2. The molecule has 0 radical (unpaired) electrons. The molecule has 1 fully saturated rings. The third-order valence-electron chi connectivity index (χ3n) is 2.62. The largest absolute Gasteiger partial charge is 0.298 e. The maximum atomic E-state index is 12.3. The van der Waals surface area contributed by atoms with E-state index in [1.807, 2.05) is 35.7 Å². The first kappa shape index (κ1) is 12.2. The first-order valence-corrected chi connectivity index (χ1v) is 7.32. The van der Waals surface area contributed by atoms with Gasteiger partial charge in [-0.05, 0) is 41.4 Å². The lowest BCUT2D eigenvalue weighted by molar-refractivity contribution is -0.113. The number of thiophene rings is 1. The van der Waals surface area contributed by atoms with Crippen LogP contribution in [0.25, 0.3) is 6.08 Å². The molecule has 0 bridgehead atoms. The number of hydrogen-bond donors (Lipinski definition) is 0. The molecule has 5 heteroatoms. The Hall–Kier alpha value is -1.85. The lowest BCUT2D eigenvalue weighted by Gasteiger charge is -2.11. The molecule has 3 rings (SSSR count). The third kappa shape index (κ3) is 2.34. The van der Waals surface area contributed by atoms with Gasteiger partial charge in [-0.15, -0.1) is 11.3 Å². The van der Waals surface area contributed by atoms with Gasteiger partial charge in [-0.3, -0.25) is 9.59 Å². The van der Waals surface area contributed by atoms with Crippen LogP contribution in [0.15, 0.2) is 52.7 Å². The molecular weight excluding hydrogens is 278 g/mol. The fourth-order valence-corrected chi connectivity index (χ4v) is 3.33. The third-order valence-corrected chi connectivity index (χ3v) is 4.31. The normalized spacial score (nSPS) is 17.5. The highest BCUT2D eigenvalue weighted by Crippen LogP contribution is 2.35. The van der Waals surface area contributed by atoms with Crippen LogP contribution in [0.1, 0.15) is 4.88 Å². The summed E-state index contributed by atoms with van der Waals surface area (Å²) in [6.45, 7) is 0. The second kappa shape index (κ2) is 5.03. The number of nitrogens with zero attached hydrogens (tertiary/aromatic N) is 1. The van der Waals surface area contributed by atoms with E-state index in [1.54, 1.807) is 18.2 Å². The lowest BCUT2D eigenvalue weighted by Crippen LogP contribution is -2.27. The van der Waals surface area contributed by atoms with E-state index in [9.17, 15) is 9.59 Å². The zero-order chi connectivity index (χ0) is 13.2. The van der Waals surface area contributed by atoms with Crippen molar-refractivity contribution >= 4 is 46.0 Å². The first-order valence-electron chi connectivity index (χ1n) is 5.62. The second-order valence-electron chi connectivity index (χ2n) is 3.87. The highest BCUT2D eigenvalue weighted by Gasteiger charge is 2.36. The van der Waals surface area contributed by atoms with Crippen molar-refractivity contribution in [3.63, 3.8) is 0 Å². The SMILES string of the molecule is O=C1SC(=Cc2cccs2)C(=O)N1c1ccccc1. The van der Waals surface area contributed by atoms with Crippen molar-refractivity contribution in [3.8, 4) is 0 Å². The molecule has 19 heavy (non-hydrogen) atoms. The highest BCUT2D eigenvalue weighted by molar-refractivity contribution is 8.19. The Morgan fingerprint density at radius 1 is 1.00 bits per heavy atom. The van der Waals surface area contributed by atoms with E-state index in [2.05, 4.69) is 0 Å². The molecular formula is C14H9NO2S2. The van der Waals surface area contributed by atoms with Gasteiger partial charge in [0, 0.05) is 4.88 Å². The van der Waals surface area contributed by atoms with Crippen molar-refractivity contribution in [3.05, 3.63) is 57.6 Å². The molecule has 2 heterocycles. The van der Waals surface area contributed by atoms with Crippen molar-refractivity contribution in [2.45, 2.75) is 0 Å². The van der Waals surface area contributed by atoms with Crippen LogP contribution >= 0.6 is 23.1 Å². The number of hydrogen-bond acceptors (Lipinski definition) is 4. The zero-order valence-corrected chi connectivity index (χ0v) is 11.4. The number of benzene rings is 1. The van der Waals surface area contributed by atoms with Gasteiger partial charge in [0.1, 0.15) is 0 Å². The Morgan fingerprint density at radius 2 is 1.79 bits per heavy atom. The number of anilines is 1. The van der Waals surface area contributed by atoms with Gasteiger partial charge in [0.05, 0.1) is 10.6 Å². The highest BCUT2D eigenvalue weighted by atomic mass is 32.2. The second-order valence-corrected chi connectivity index (χ2v) is 5.84. The van der Waals surface area contributed by atoms with Crippen LogP contribution in [0.5, 0.6) is 0 Å². The molecule has 0 spiro atoms. The molecule has 2 aromatic rings. The summed E-state index contributed by atoms with van der Waals surface area (Å²) in [4.78, 5) is 26.9. The van der Waals surface area contributed by atoms with Crippen molar-refractivity contribution in [2.75, 3.05) is 4.90 Å². The standard InChI is InChI=1S/C14H9NO2S2/c16-13-12(9-11-7-4-8-18-11)19-14(17)15(13)10-5-2-1-3-6-10/h1-9H. The summed E-state index contributed by atoms with van der Waals surface area (Å²) >= 11 is 2.52. The van der Waals surface area contributed by atoms with Gasteiger partial charge >= 0.3 is 0 Å². The van der Waals surface area contributed by atoms with Crippen LogP contribution in [0.4, 0.5) is 10.5 Å². The summed E-state index contributed by atoms with van der Waals surface area (Å²) in [6, 6.07) is 12.8. The predicted molar refractivity (Wildman–Crippen MR) is 79.2 cm³/mol. The number of amides is 2. The van der Waals surface area contributed by atoms with Gasteiger partial charge < -0.3 is 0 Å². The average molecular weight is 287 g/mol. The fourth-order valence-electron chi connectivity index (χ4n) is 1.77. The Morgan fingerprint density at radius 3 is 2.47 bits per heavy atom. The van der Waals surface area contributed by atoms with Crippen LogP contribution in [-0.2, 0) is 4.79 Å². The summed E-state index contributed by atoms with van der Waals surface area (Å²) in [6.07, 6.45) is 1.76. The predicted octanol–water partition coefficient (Wildman–Crippen LogP) is 3.99. The van der Waals surface area contributed by atoms with Gasteiger partial charge in [-0.2, -0.15) is 0 Å². The fraction of sp³-hybridized carbons (Fsp3) is 0. The van der Waals surface area contributed by atoms with E-state index in [-0.39, 0.29) is 11.1 Å². The Kier molecular flexibility index (Phi) is 3.23. The van der Waals surface area contributed by atoms with Crippen LogP contribution in [0.2, 0.25) is 0 Å². The Labute approximate surface area is 118 Å². The lowest BCUT2D eigenvalue weighted by atomic mass is 10.3. The van der Waals surface area contributed by atoms with E-state index in [1.165, 1.54) is 16.2 Å². The minimum Gasteiger partial charge on any atom is -0.268 e. The first-order chi connectivity index (χ1) is 9.25. The summed E-state index contributed by atoms with van der Waals surface area (Å²) in [7, 11) is 0. The molecule has 1 aromatic heterocycles. The van der Waals surface area contributed by atoms with E-state index in [4.69, 9.17) is 0 Å². The molecule has 0 unspecified atom stereocenters.